The van der Waals surface area contributed by atoms with Crippen LogP contribution in [0, 0.1) is 11.5 Å². The lowest BCUT2D eigenvalue weighted by atomic mass is 10.2. The van der Waals surface area contributed by atoms with Gasteiger partial charge in [-0.15, -0.1) is 5.54 Å². The molecule has 0 atom stereocenters. The van der Waals surface area contributed by atoms with Gasteiger partial charge in [0.25, 0.3) is 0 Å². The summed E-state index contributed by atoms with van der Waals surface area (Å²) in [6.07, 6.45) is 1.77. The lowest BCUT2D eigenvalue weighted by molar-refractivity contribution is 1.16. The van der Waals surface area contributed by atoms with Crippen LogP contribution < -0.4 is 0 Å². The second kappa shape index (κ2) is 5.15. The topological polar surface area (TPSA) is 25.8 Å². The second-order valence-electron chi connectivity index (χ2n) is 5.13. The Morgan fingerprint density at radius 3 is 2.39 bits per heavy atom. The summed E-state index contributed by atoms with van der Waals surface area (Å²) < 4.78 is 0. The van der Waals surface area contributed by atoms with Crippen molar-refractivity contribution in [2.45, 2.75) is 19.6 Å². The minimum Gasteiger partial charge on any atom is -0.236 e. The molecule has 0 aliphatic heterocycles. The molecular weight excluding hydrogens is 236 g/mol. The summed E-state index contributed by atoms with van der Waals surface area (Å²) in [7, 11) is -1.36. The molecule has 0 bridgehead atoms. The van der Waals surface area contributed by atoms with E-state index in [1.54, 1.807) is 6.20 Å². The van der Waals surface area contributed by atoms with Crippen molar-refractivity contribution in [1.82, 2.24) is 9.97 Å². The zero-order valence-corrected chi connectivity index (χ0v) is 11.9. The summed E-state index contributed by atoms with van der Waals surface area (Å²) in [6.45, 7) is 6.66. The highest BCUT2D eigenvalue weighted by atomic mass is 28.3. The average Bonchev–Trinajstić information content (AvgIpc) is 2.37. The van der Waals surface area contributed by atoms with E-state index in [0.717, 1.165) is 17.1 Å². The predicted molar refractivity (Wildman–Crippen MR) is 77.7 cm³/mol. The highest BCUT2D eigenvalue weighted by Gasteiger charge is 2.07. The average molecular weight is 252 g/mol. The minimum atomic E-state index is -1.36. The highest BCUT2D eigenvalue weighted by Crippen LogP contribution is 2.13. The molecule has 0 radical (unpaired) electrons. The molecule has 0 saturated carbocycles. The molecule has 2 nitrogen and oxygen atoms in total. The van der Waals surface area contributed by atoms with Crippen LogP contribution >= 0.6 is 0 Å². The van der Waals surface area contributed by atoms with E-state index in [-0.39, 0.29) is 0 Å². The number of hydrogen-bond acceptors (Lipinski definition) is 2. The predicted octanol–water partition coefficient (Wildman–Crippen LogP) is 3.37. The van der Waals surface area contributed by atoms with E-state index in [1.807, 2.05) is 36.4 Å². The molecule has 0 fully saturated rings. The lowest BCUT2D eigenvalue weighted by Crippen LogP contribution is -2.16. The first-order valence-corrected chi connectivity index (χ1v) is 9.46. The third kappa shape index (κ3) is 3.54. The standard InChI is InChI=1S/C15H16N2Si/c1-18(2,3)12-10-14-9-11-16-15(17-14)13-7-5-4-6-8-13/h4-9,11H,1-3H3. The van der Waals surface area contributed by atoms with Crippen molar-refractivity contribution in [2.75, 3.05) is 0 Å². The molecule has 0 amide bonds. The Hall–Kier alpha value is -1.92. The fourth-order valence-electron chi connectivity index (χ4n) is 1.41. The minimum absolute atomic E-state index is 0.734. The van der Waals surface area contributed by atoms with Gasteiger partial charge in [0.2, 0.25) is 0 Å². The van der Waals surface area contributed by atoms with E-state index < -0.39 is 8.07 Å². The van der Waals surface area contributed by atoms with Gasteiger partial charge in [-0.1, -0.05) is 55.9 Å². The molecule has 0 N–H and O–H groups in total. The van der Waals surface area contributed by atoms with Crippen LogP contribution in [0.25, 0.3) is 11.4 Å². The van der Waals surface area contributed by atoms with Crippen LogP contribution in [0.15, 0.2) is 42.6 Å². The molecule has 3 heteroatoms. The number of hydrogen-bond donors (Lipinski definition) is 0. The summed E-state index contributed by atoms with van der Waals surface area (Å²) in [5.41, 5.74) is 5.14. The van der Waals surface area contributed by atoms with E-state index in [9.17, 15) is 0 Å². The summed E-state index contributed by atoms with van der Waals surface area (Å²) in [6, 6.07) is 11.8. The van der Waals surface area contributed by atoms with Crippen molar-refractivity contribution in [1.29, 1.82) is 0 Å². The van der Waals surface area contributed by atoms with Gasteiger partial charge >= 0.3 is 0 Å². The van der Waals surface area contributed by atoms with Gasteiger partial charge in [0.15, 0.2) is 5.82 Å². The first-order valence-electron chi connectivity index (χ1n) is 5.96. The van der Waals surface area contributed by atoms with E-state index >= 15 is 0 Å². The molecule has 1 heterocycles. The van der Waals surface area contributed by atoms with E-state index in [2.05, 4.69) is 41.1 Å². The van der Waals surface area contributed by atoms with Crippen LogP contribution in [-0.2, 0) is 0 Å². The molecule has 1 aromatic heterocycles. The summed E-state index contributed by atoms with van der Waals surface area (Å²) in [5, 5.41) is 0. The van der Waals surface area contributed by atoms with E-state index in [0.29, 0.717) is 0 Å². The zero-order chi connectivity index (χ0) is 13.0. The molecule has 1 aromatic carbocycles. The van der Waals surface area contributed by atoms with Gasteiger partial charge in [-0.05, 0) is 6.07 Å². The largest absolute Gasteiger partial charge is 0.236 e. The van der Waals surface area contributed by atoms with Crippen molar-refractivity contribution in [3.63, 3.8) is 0 Å². The quantitative estimate of drug-likeness (QED) is 0.574. The van der Waals surface area contributed by atoms with Crippen molar-refractivity contribution >= 4 is 8.07 Å². The Morgan fingerprint density at radius 1 is 1.00 bits per heavy atom. The summed E-state index contributed by atoms with van der Waals surface area (Å²) >= 11 is 0. The third-order valence-electron chi connectivity index (χ3n) is 2.25. The Bertz CT molecular complexity index is 589. The monoisotopic (exact) mass is 252 g/mol. The fourth-order valence-corrected chi connectivity index (χ4v) is 1.91. The Morgan fingerprint density at radius 2 is 1.72 bits per heavy atom. The lowest BCUT2D eigenvalue weighted by Gasteiger charge is -2.03. The van der Waals surface area contributed by atoms with Crippen LogP contribution in [0.1, 0.15) is 5.69 Å². The molecule has 0 aliphatic carbocycles. The smallest absolute Gasteiger partial charge is 0.160 e. The number of aromatic nitrogens is 2. The van der Waals surface area contributed by atoms with Crippen molar-refractivity contribution < 1.29 is 0 Å². The van der Waals surface area contributed by atoms with Crippen LogP contribution in [0.4, 0.5) is 0 Å². The van der Waals surface area contributed by atoms with Gasteiger partial charge in [-0.25, -0.2) is 9.97 Å². The summed E-state index contributed by atoms with van der Waals surface area (Å²) in [4.78, 5) is 8.77. The van der Waals surface area contributed by atoms with Crippen LogP contribution in [0.5, 0.6) is 0 Å². The molecule has 0 aliphatic rings. The number of rotatable bonds is 1. The molecule has 2 rings (SSSR count). The first kappa shape index (κ1) is 12.5. The number of benzene rings is 1. The second-order valence-corrected chi connectivity index (χ2v) is 9.88. The summed E-state index contributed by atoms with van der Waals surface area (Å²) in [5.74, 6) is 3.89. The Balaban J connectivity index is 2.34. The first-order chi connectivity index (χ1) is 8.54. The van der Waals surface area contributed by atoms with Gasteiger partial charge < -0.3 is 0 Å². The van der Waals surface area contributed by atoms with Crippen molar-refractivity contribution in [3.05, 3.63) is 48.3 Å². The molecule has 0 saturated heterocycles. The molecule has 0 spiro atoms. The maximum atomic E-state index is 4.48. The molecule has 18 heavy (non-hydrogen) atoms. The van der Waals surface area contributed by atoms with Crippen molar-refractivity contribution in [3.8, 4) is 22.9 Å². The Kier molecular flexibility index (Phi) is 3.59. The SMILES string of the molecule is C[Si](C)(C)C#Cc1ccnc(-c2ccccc2)n1. The van der Waals surface area contributed by atoms with Gasteiger partial charge in [-0.3, -0.25) is 0 Å². The van der Waals surface area contributed by atoms with Gasteiger partial charge in [0, 0.05) is 11.8 Å². The third-order valence-corrected chi connectivity index (χ3v) is 3.13. The van der Waals surface area contributed by atoms with Gasteiger partial charge in [0.1, 0.15) is 13.8 Å². The maximum Gasteiger partial charge on any atom is 0.160 e. The van der Waals surface area contributed by atoms with E-state index in [4.69, 9.17) is 0 Å². The molecule has 90 valence electrons. The van der Waals surface area contributed by atoms with Crippen LogP contribution in [-0.4, -0.2) is 18.0 Å². The fraction of sp³-hybridized carbons (Fsp3) is 0.200. The van der Waals surface area contributed by atoms with Crippen LogP contribution in [0.2, 0.25) is 19.6 Å². The maximum absolute atomic E-state index is 4.48. The molecule has 0 unspecified atom stereocenters. The normalized spacial score (nSPS) is 10.6. The van der Waals surface area contributed by atoms with E-state index in [1.165, 1.54) is 0 Å². The zero-order valence-electron chi connectivity index (χ0n) is 10.9. The molecular formula is C15H16N2Si. The number of nitrogens with zero attached hydrogens (tertiary/aromatic N) is 2. The van der Waals surface area contributed by atoms with Crippen molar-refractivity contribution in [2.24, 2.45) is 0 Å². The highest BCUT2D eigenvalue weighted by molar-refractivity contribution is 6.83. The molecule has 2 aromatic rings. The van der Waals surface area contributed by atoms with Crippen LogP contribution in [0.3, 0.4) is 0 Å². The Labute approximate surface area is 109 Å². The van der Waals surface area contributed by atoms with Gasteiger partial charge in [0.05, 0.1) is 0 Å². The van der Waals surface area contributed by atoms with Gasteiger partial charge in [-0.2, -0.15) is 0 Å².